The van der Waals surface area contributed by atoms with Crippen molar-refractivity contribution in [1.29, 1.82) is 0 Å². The molecule has 5 nitrogen and oxygen atoms in total. The first-order valence-corrected chi connectivity index (χ1v) is 11.2. The van der Waals surface area contributed by atoms with Crippen molar-refractivity contribution in [3.63, 3.8) is 0 Å². The van der Waals surface area contributed by atoms with Gasteiger partial charge in [-0.05, 0) is 53.4 Å². The molecule has 5 rings (SSSR count). The van der Waals surface area contributed by atoms with Gasteiger partial charge in [-0.2, -0.15) is 0 Å². The molecule has 33 heavy (non-hydrogen) atoms. The zero-order chi connectivity index (χ0) is 22.8. The van der Waals surface area contributed by atoms with Crippen LogP contribution < -0.4 is 10.6 Å². The summed E-state index contributed by atoms with van der Waals surface area (Å²) >= 11 is 4.46. The number of rotatable bonds is 6. The highest BCUT2D eigenvalue weighted by molar-refractivity contribution is 7.77. The lowest BCUT2D eigenvalue weighted by Gasteiger charge is -2.13. The lowest BCUT2D eigenvalue weighted by atomic mass is 10.1. The second-order valence-electron chi connectivity index (χ2n) is 8.28. The van der Waals surface area contributed by atoms with Crippen LogP contribution in [0.4, 0.5) is 17.3 Å². The smallest absolute Gasteiger partial charge is 0.227 e. The van der Waals surface area contributed by atoms with Crippen LogP contribution in [0, 0.1) is 6.92 Å². The Hall–Kier alpha value is -3.61. The maximum absolute atomic E-state index is 4.49. The molecule has 0 atom stereocenters. The van der Waals surface area contributed by atoms with E-state index in [9.17, 15) is 0 Å². The van der Waals surface area contributed by atoms with Gasteiger partial charge >= 0.3 is 0 Å². The number of anilines is 3. The highest BCUT2D eigenvalue weighted by Gasteiger charge is 2.16. The van der Waals surface area contributed by atoms with Crippen molar-refractivity contribution in [2.45, 2.75) is 20.0 Å². The maximum Gasteiger partial charge on any atom is 0.227 e. The number of hydrogen-bond acceptors (Lipinski definition) is 6. The van der Waals surface area contributed by atoms with Gasteiger partial charge in [0.15, 0.2) is 0 Å². The predicted molar refractivity (Wildman–Crippen MR) is 139 cm³/mol. The topological polar surface area (TPSA) is 53.1 Å². The van der Waals surface area contributed by atoms with Crippen LogP contribution in [0.15, 0.2) is 85.7 Å². The van der Waals surface area contributed by atoms with Crippen molar-refractivity contribution in [1.82, 2.24) is 14.3 Å². The first-order valence-electron chi connectivity index (χ1n) is 10.8. The Balaban J connectivity index is 1.27. The molecule has 0 fully saturated rings. The van der Waals surface area contributed by atoms with E-state index in [2.05, 4.69) is 83.3 Å². The molecule has 6 heteroatoms. The van der Waals surface area contributed by atoms with E-state index >= 15 is 0 Å². The lowest BCUT2D eigenvalue weighted by Crippen LogP contribution is -2.01. The second kappa shape index (κ2) is 9.10. The zero-order valence-corrected chi connectivity index (χ0v) is 19.3. The molecule has 1 aliphatic heterocycles. The quantitative estimate of drug-likeness (QED) is 0.295. The Bertz CT molecular complexity index is 1320. The highest BCUT2D eigenvalue weighted by atomic mass is 32.1. The molecular weight excluding hydrogens is 426 g/mol. The van der Waals surface area contributed by atoms with Crippen molar-refractivity contribution in [3.8, 4) is 11.1 Å². The van der Waals surface area contributed by atoms with Crippen LogP contribution in [0.2, 0.25) is 0 Å². The van der Waals surface area contributed by atoms with Gasteiger partial charge in [0.25, 0.3) is 0 Å². The van der Waals surface area contributed by atoms with Crippen LogP contribution in [-0.4, -0.2) is 14.3 Å². The van der Waals surface area contributed by atoms with Crippen molar-refractivity contribution >= 4 is 35.8 Å². The molecule has 0 bridgehead atoms. The standard InChI is InChI=1S/C27H25N5S/c1-18-5-3-7-21(11-18)24-14-28-27(29-15-24)31-25-8-4-6-20(12-25)19(2)30-26-10-9-22-16-32(33)17-23(22)13-26/h3-15,30,33H,2,16-17H2,1H3,(H,28,29,31). The Morgan fingerprint density at radius 2 is 1.67 bits per heavy atom. The van der Waals surface area contributed by atoms with E-state index in [1.165, 1.54) is 16.7 Å². The molecule has 2 N–H and O–H groups in total. The van der Waals surface area contributed by atoms with Gasteiger partial charge in [-0.1, -0.05) is 67.4 Å². The van der Waals surface area contributed by atoms with E-state index in [4.69, 9.17) is 0 Å². The summed E-state index contributed by atoms with van der Waals surface area (Å²) in [7, 11) is 0. The summed E-state index contributed by atoms with van der Waals surface area (Å²) in [6.45, 7) is 8.04. The first kappa shape index (κ1) is 21.2. The van der Waals surface area contributed by atoms with Crippen LogP contribution in [-0.2, 0) is 13.1 Å². The number of fused-ring (bicyclic) bond motifs is 1. The fraction of sp³-hybridized carbons (Fsp3) is 0.111. The fourth-order valence-corrected chi connectivity index (χ4v) is 4.29. The third-order valence-electron chi connectivity index (χ3n) is 5.68. The van der Waals surface area contributed by atoms with Crippen LogP contribution in [0.5, 0.6) is 0 Å². The summed E-state index contributed by atoms with van der Waals surface area (Å²) in [6, 6.07) is 22.8. The normalized spacial score (nSPS) is 12.9. The van der Waals surface area contributed by atoms with Gasteiger partial charge in [0.2, 0.25) is 5.95 Å². The van der Waals surface area contributed by atoms with E-state index in [0.717, 1.165) is 46.9 Å². The molecule has 0 saturated heterocycles. The molecule has 2 heterocycles. The molecule has 0 amide bonds. The Kier molecular flexibility index (Phi) is 5.86. The summed E-state index contributed by atoms with van der Waals surface area (Å²) in [5.74, 6) is 0.553. The van der Waals surface area contributed by atoms with Crippen molar-refractivity contribution in [3.05, 3.63) is 108 Å². The van der Waals surface area contributed by atoms with E-state index in [0.29, 0.717) is 5.95 Å². The van der Waals surface area contributed by atoms with Gasteiger partial charge in [0.1, 0.15) is 0 Å². The number of benzene rings is 3. The lowest BCUT2D eigenvalue weighted by molar-refractivity contribution is 0.516. The minimum atomic E-state index is 0.553. The summed E-state index contributed by atoms with van der Waals surface area (Å²) in [5.41, 5.74) is 9.68. The van der Waals surface area contributed by atoms with Gasteiger partial charge in [-0.3, -0.25) is 0 Å². The van der Waals surface area contributed by atoms with Gasteiger partial charge in [0, 0.05) is 48.1 Å². The third kappa shape index (κ3) is 4.92. The van der Waals surface area contributed by atoms with Crippen molar-refractivity contribution < 1.29 is 0 Å². The molecule has 0 aliphatic carbocycles. The summed E-state index contributed by atoms with van der Waals surface area (Å²) in [5, 5.41) is 6.71. The summed E-state index contributed by atoms with van der Waals surface area (Å²) in [6.07, 6.45) is 3.68. The summed E-state index contributed by atoms with van der Waals surface area (Å²) < 4.78 is 2.01. The molecular formula is C27H25N5S. The number of hydrogen-bond donors (Lipinski definition) is 3. The average molecular weight is 452 g/mol. The van der Waals surface area contributed by atoms with E-state index < -0.39 is 0 Å². The minimum Gasteiger partial charge on any atom is -0.356 e. The molecule has 0 spiro atoms. The predicted octanol–water partition coefficient (Wildman–Crippen LogP) is 6.44. The van der Waals surface area contributed by atoms with Crippen molar-refractivity contribution in [2.75, 3.05) is 10.6 Å². The van der Waals surface area contributed by atoms with Gasteiger partial charge in [0.05, 0.1) is 0 Å². The Labute approximate surface area is 199 Å². The highest BCUT2D eigenvalue weighted by Crippen LogP contribution is 2.28. The van der Waals surface area contributed by atoms with Gasteiger partial charge in [-0.15, -0.1) is 0 Å². The first-order chi connectivity index (χ1) is 16.0. The number of thiol groups is 1. The maximum atomic E-state index is 4.49. The molecule has 0 unspecified atom stereocenters. The second-order valence-corrected chi connectivity index (χ2v) is 8.85. The van der Waals surface area contributed by atoms with Crippen LogP contribution in [0.3, 0.4) is 0 Å². The number of aryl methyl sites for hydroxylation is 1. The molecule has 3 aromatic carbocycles. The third-order valence-corrected chi connectivity index (χ3v) is 5.96. The Morgan fingerprint density at radius 3 is 2.48 bits per heavy atom. The van der Waals surface area contributed by atoms with Crippen molar-refractivity contribution in [2.24, 2.45) is 0 Å². The van der Waals surface area contributed by atoms with Crippen LogP contribution in [0.1, 0.15) is 22.3 Å². The minimum absolute atomic E-state index is 0.553. The van der Waals surface area contributed by atoms with E-state index in [1.807, 2.05) is 47.0 Å². The van der Waals surface area contributed by atoms with E-state index in [-0.39, 0.29) is 0 Å². The summed E-state index contributed by atoms with van der Waals surface area (Å²) in [4.78, 5) is 8.98. The van der Waals surface area contributed by atoms with E-state index in [1.54, 1.807) is 0 Å². The molecule has 1 aromatic heterocycles. The van der Waals surface area contributed by atoms with Crippen LogP contribution in [0.25, 0.3) is 16.8 Å². The largest absolute Gasteiger partial charge is 0.356 e. The number of nitrogens with one attached hydrogen (secondary N) is 2. The number of aromatic nitrogens is 2. The zero-order valence-electron chi connectivity index (χ0n) is 18.4. The monoisotopic (exact) mass is 451 g/mol. The van der Waals surface area contributed by atoms with Gasteiger partial charge in [-0.25, -0.2) is 14.3 Å². The molecule has 164 valence electrons. The van der Waals surface area contributed by atoms with Gasteiger partial charge < -0.3 is 10.6 Å². The average Bonchev–Trinajstić information content (AvgIpc) is 3.19. The molecule has 1 aliphatic rings. The molecule has 4 aromatic rings. The molecule has 0 saturated carbocycles. The Morgan fingerprint density at radius 1 is 0.879 bits per heavy atom. The fourth-order valence-electron chi connectivity index (χ4n) is 3.98. The SMILES string of the molecule is C=C(Nc1ccc2c(c1)CN(S)C2)c1cccc(Nc2ncc(-c3cccc(C)c3)cn2)c1. The molecule has 0 radical (unpaired) electrons. The number of nitrogens with zero attached hydrogens (tertiary/aromatic N) is 3. The van der Waals surface area contributed by atoms with Crippen LogP contribution >= 0.6 is 12.8 Å².